The Bertz CT molecular complexity index is 363. The second-order valence-corrected chi connectivity index (χ2v) is 5.21. The Morgan fingerprint density at radius 1 is 1.31 bits per heavy atom. The molecule has 0 aromatic heterocycles. The van der Waals surface area contributed by atoms with E-state index in [-0.39, 0.29) is 0 Å². The molecule has 1 fully saturated rings. The summed E-state index contributed by atoms with van der Waals surface area (Å²) < 4.78 is 0. The number of hydrogen-bond donors (Lipinski definition) is 1. The summed E-state index contributed by atoms with van der Waals surface area (Å²) in [5, 5.41) is 9.72. The third kappa shape index (κ3) is 2.38. The topological polar surface area (TPSA) is 23.5 Å². The van der Waals surface area contributed by atoms with Crippen LogP contribution < -0.4 is 0 Å². The molecule has 16 heavy (non-hydrogen) atoms. The van der Waals surface area contributed by atoms with Crippen LogP contribution in [0.4, 0.5) is 0 Å². The Balaban J connectivity index is 2.10. The highest BCUT2D eigenvalue weighted by molar-refractivity contribution is 5.42. The second-order valence-electron chi connectivity index (χ2n) is 5.21. The van der Waals surface area contributed by atoms with Crippen molar-refractivity contribution >= 4 is 0 Å². The minimum absolute atomic E-state index is 0.443. The van der Waals surface area contributed by atoms with Crippen LogP contribution in [0.1, 0.15) is 30.0 Å². The van der Waals surface area contributed by atoms with Crippen molar-refractivity contribution in [2.75, 3.05) is 13.1 Å². The third-order valence-electron chi connectivity index (χ3n) is 3.47. The zero-order valence-corrected chi connectivity index (χ0v) is 10.5. The van der Waals surface area contributed by atoms with Crippen LogP contribution in [-0.2, 0) is 6.54 Å². The number of aromatic hydroxyl groups is 1. The zero-order chi connectivity index (χ0) is 11.7. The van der Waals surface area contributed by atoms with Crippen molar-refractivity contribution in [3.8, 4) is 5.75 Å². The Morgan fingerprint density at radius 2 is 1.94 bits per heavy atom. The Labute approximate surface area is 97.9 Å². The summed E-state index contributed by atoms with van der Waals surface area (Å²) in [6.45, 7) is 9.69. The van der Waals surface area contributed by atoms with Gasteiger partial charge in [0.15, 0.2) is 0 Å². The van der Waals surface area contributed by atoms with Gasteiger partial charge in [-0.15, -0.1) is 0 Å². The lowest BCUT2D eigenvalue weighted by molar-refractivity contribution is 0.320. The molecule has 88 valence electrons. The van der Waals surface area contributed by atoms with Crippen molar-refractivity contribution < 1.29 is 5.11 Å². The number of aryl methyl sites for hydroxylation is 2. The van der Waals surface area contributed by atoms with Crippen molar-refractivity contribution in [3.05, 3.63) is 28.8 Å². The SMILES string of the molecule is Cc1cc(CN2CCC(C)C2)cc(C)c1O. The minimum Gasteiger partial charge on any atom is -0.507 e. The average Bonchev–Trinajstić information content (AvgIpc) is 2.60. The molecule has 2 heteroatoms. The van der Waals surface area contributed by atoms with Gasteiger partial charge in [0.2, 0.25) is 0 Å². The van der Waals surface area contributed by atoms with Gasteiger partial charge in [0.1, 0.15) is 5.75 Å². The summed E-state index contributed by atoms with van der Waals surface area (Å²) in [6, 6.07) is 4.20. The lowest BCUT2D eigenvalue weighted by Crippen LogP contribution is -2.19. The molecular weight excluding hydrogens is 198 g/mol. The van der Waals surface area contributed by atoms with Crippen LogP contribution in [0.25, 0.3) is 0 Å². The maximum absolute atomic E-state index is 9.72. The van der Waals surface area contributed by atoms with Gasteiger partial charge in [0.25, 0.3) is 0 Å². The number of hydrogen-bond acceptors (Lipinski definition) is 2. The van der Waals surface area contributed by atoms with E-state index < -0.39 is 0 Å². The van der Waals surface area contributed by atoms with Crippen LogP contribution in [-0.4, -0.2) is 23.1 Å². The van der Waals surface area contributed by atoms with E-state index in [1.165, 1.54) is 25.1 Å². The van der Waals surface area contributed by atoms with Gasteiger partial charge in [0, 0.05) is 13.1 Å². The van der Waals surface area contributed by atoms with Crippen molar-refractivity contribution in [1.82, 2.24) is 4.90 Å². The summed E-state index contributed by atoms with van der Waals surface area (Å²) in [5.41, 5.74) is 3.30. The van der Waals surface area contributed by atoms with Gasteiger partial charge >= 0.3 is 0 Å². The van der Waals surface area contributed by atoms with Crippen molar-refractivity contribution in [1.29, 1.82) is 0 Å². The highest BCUT2D eigenvalue weighted by atomic mass is 16.3. The summed E-state index contributed by atoms with van der Waals surface area (Å²) >= 11 is 0. The summed E-state index contributed by atoms with van der Waals surface area (Å²) in [6.07, 6.45) is 1.32. The van der Waals surface area contributed by atoms with Gasteiger partial charge < -0.3 is 5.11 Å². The summed E-state index contributed by atoms with van der Waals surface area (Å²) in [5.74, 6) is 1.28. The van der Waals surface area contributed by atoms with Crippen molar-refractivity contribution in [2.45, 2.75) is 33.7 Å². The number of phenols is 1. The quantitative estimate of drug-likeness (QED) is 0.826. The molecule has 1 unspecified atom stereocenters. The molecule has 1 aliphatic heterocycles. The number of likely N-dealkylation sites (tertiary alicyclic amines) is 1. The zero-order valence-electron chi connectivity index (χ0n) is 10.5. The van der Waals surface area contributed by atoms with E-state index in [1.807, 2.05) is 13.8 Å². The fourth-order valence-corrected chi connectivity index (χ4v) is 2.56. The Kier molecular flexibility index (Phi) is 3.20. The van der Waals surface area contributed by atoms with Gasteiger partial charge in [-0.05, 0) is 49.4 Å². The average molecular weight is 219 g/mol. The Morgan fingerprint density at radius 3 is 2.44 bits per heavy atom. The largest absolute Gasteiger partial charge is 0.507 e. The highest BCUT2D eigenvalue weighted by Crippen LogP contribution is 2.25. The maximum Gasteiger partial charge on any atom is 0.121 e. The van der Waals surface area contributed by atoms with E-state index in [9.17, 15) is 5.11 Å². The standard InChI is InChI=1S/C14H21NO/c1-10-4-5-15(8-10)9-13-6-11(2)14(16)12(3)7-13/h6-7,10,16H,4-5,8-9H2,1-3H3. The normalized spacial score (nSPS) is 21.6. The molecule has 0 amide bonds. The predicted molar refractivity (Wildman–Crippen MR) is 66.6 cm³/mol. The molecule has 1 aromatic rings. The highest BCUT2D eigenvalue weighted by Gasteiger charge is 2.18. The molecule has 2 nitrogen and oxygen atoms in total. The van der Waals surface area contributed by atoms with Gasteiger partial charge in [-0.3, -0.25) is 4.90 Å². The van der Waals surface area contributed by atoms with Crippen LogP contribution >= 0.6 is 0 Å². The third-order valence-corrected chi connectivity index (χ3v) is 3.47. The molecule has 1 atom stereocenters. The number of rotatable bonds is 2. The first kappa shape index (κ1) is 11.5. The van der Waals surface area contributed by atoms with E-state index in [4.69, 9.17) is 0 Å². The van der Waals surface area contributed by atoms with E-state index in [0.29, 0.717) is 5.75 Å². The van der Waals surface area contributed by atoms with Crippen molar-refractivity contribution in [3.63, 3.8) is 0 Å². The molecule has 1 heterocycles. The number of benzene rings is 1. The van der Waals surface area contributed by atoms with Gasteiger partial charge in [0.05, 0.1) is 0 Å². The van der Waals surface area contributed by atoms with Gasteiger partial charge in [-0.2, -0.15) is 0 Å². The molecule has 0 aliphatic carbocycles. The number of nitrogens with zero attached hydrogens (tertiary/aromatic N) is 1. The molecule has 0 radical (unpaired) electrons. The number of phenolic OH excluding ortho intramolecular Hbond substituents is 1. The van der Waals surface area contributed by atoms with Crippen molar-refractivity contribution in [2.24, 2.45) is 5.92 Å². The molecule has 0 saturated carbocycles. The maximum atomic E-state index is 9.72. The fourth-order valence-electron chi connectivity index (χ4n) is 2.56. The van der Waals surface area contributed by atoms with Gasteiger partial charge in [-0.1, -0.05) is 19.1 Å². The molecule has 0 bridgehead atoms. The minimum atomic E-state index is 0.443. The van der Waals surface area contributed by atoms with E-state index in [0.717, 1.165) is 23.6 Å². The fraction of sp³-hybridized carbons (Fsp3) is 0.571. The molecule has 0 spiro atoms. The molecule has 1 aromatic carbocycles. The monoisotopic (exact) mass is 219 g/mol. The van der Waals surface area contributed by atoms with Crippen LogP contribution in [0, 0.1) is 19.8 Å². The van der Waals surface area contributed by atoms with Crippen LogP contribution in [0.5, 0.6) is 5.75 Å². The van der Waals surface area contributed by atoms with E-state index in [2.05, 4.69) is 24.0 Å². The van der Waals surface area contributed by atoms with E-state index >= 15 is 0 Å². The smallest absolute Gasteiger partial charge is 0.121 e. The predicted octanol–water partition coefficient (Wildman–Crippen LogP) is 2.85. The molecular formula is C14H21NO. The second kappa shape index (κ2) is 4.46. The van der Waals surface area contributed by atoms with Crippen LogP contribution in [0.3, 0.4) is 0 Å². The first-order valence-corrected chi connectivity index (χ1v) is 6.07. The first-order chi connectivity index (χ1) is 7.56. The lowest BCUT2D eigenvalue weighted by atomic mass is 10.1. The van der Waals surface area contributed by atoms with E-state index in [1.54, 1.807) is 0 Å². The molecule has 1 aliphatic rings. The molecule has 1 N–H and O–H groups in total. The van der Waals surface area contributed by atoms with Crippen LogP contribution in [0.15, 0.2) is 12.1 Å². The lowest BCUT2D eigenvalue weighted by Gasteiger charge is -2.16. The first-order valence-electron chi connectivity index (χ1n) is 6.07. The summed E-state index contributed by atoms with van der Waals surface area (Å²) in [7, 11) is 0. The molecule has 1 saturated heterocycles. The summed E-state index contributed by atoms with van der Waals surface area (Å²) in [4.78, 5) is 2.50. The Hall–Kier alpha value is -1.02. The van der Waals surface area contributed by atoms with Crippen LogP contribution in [0.2, 0.25) is 0 Å². The molecule has 2 rings (SSSR count). The van der Waals surface area contributed by atoms with Gasteiger partial charge in [-0.25, -0.2) is 0 Å².